The van der Waals surface area contributed by atoms with E-state index >= 15 is 0 Å². The SMILES string of the molecule is CC(C)(C)c1nccc(Sc2nnc3ccc(C(F)(F)F)cn23)n1. The van der Waals surface area contributed by atoms with Gasteiger partial charge in [0.25, 0.3) is 0 Å². The molecule has 0 saturated carbocycles. The van der Waals surface area contributed by atoms with Gasteiger partial charge in [0.05, 0.1) is 5.56 Å². The summed E-state index contributed by atoms with van der Waals surface area (Å²) in [6.45, 7) is 5.95. The van der Waals surface area contributed by atoms with Gasteiger partial charge in [0.1, 0.15) is 10.9 Å². The third-order valence-corrected chi connectivity index (χ3v) is 4.09. The molecule has 3 rings (SSSR count). The molecule has 9 heteroatoms. The number of aromatic nitrogens is 5. The van der Waals surface area contributed by atoms with E-state index in [0.717, 1.165) is 24.0 Å². The van der Waals surface area contributed by atoms with Crippen LogP contribution >= 0.6 is 11.8 Å². The number of hydrogen-bond donors (Lipinski definition) is 0. The third kappa shape index (κ3) is 3.35. The zero-order chi connectivity index (χ0) is 17.5. The van der Waals surface area contributed by atoms with Crippen molar-refractivity contribution in [3.63, 3.8) is 0 Å². The molecule has 24 heavy (non-hydrogen) atoms. The molecule has 0 N–H and O–H groups in total. The second-order valence-electron chi connectivity index (χ2n) is 6.20. The molecule has 0 aliphatic carbocycles. The molecule has 0 saturated heterocycles. The minimum absolute atomic E-state index is 0.229. The van der Waals surface area contributed by atoms with E-state index in [0.29, 0.717) is 21.7 Å². The summed E-state index contributed by atoms with van der Waals surface area (Å²) < 4.78 is 40.0. The number of pyridine rings is 1. The first kappa shape index (κ1) is 16.7. The Morgan fingerprint density at radius 1 is 1.04 bits per heavy atom. The van der Waals surface area contributed by atoms with E-state index in [2.05, 4.69) is 20.2 Å². The molecule has 0 atom stereocenters. The molecule has 0 spiro atoms. The Balaban J connectivity index is 1.99. The fourth-order valence-corrected chi connectivity index (χ4v) is 2.74. The van der Waals surface area contributed by atoms with Crippen molar-refractivity contribution in [3.05, 3.63) is 42.0 Å². The number of alkyl halides is 3. The maximum Gasteiger partial charge on any atom is 0.417 e. The summed E-state index contributed by atoms with van der Waals surface area (Å²) in [7, 11) is 0. The van der Waals surface area contributed by atoms with Crippen LogP contribution in [0.4, 0.5) is 13.2 Å². The van der Waals surface area contributed by atoms with Crippen molar-refractivity contribution in [1.82, 2.24) is 24.6 Å². The zero-order valence-electron chi connectivity index (χ0n) is 13.2. The van der Waals surface area contributed by atoms with Gasteiger partial charge in [-0.2, -0.15) is 13.2 Å². The first-order valence-corrected chi connectivity index (χ1v) is 7.89. The summed E-state index contributed by atoms with van der Waals surface area (Å²) >= 11 is 1.14. The summed E-state index contributed by atoms with van der Waals surface area (Å²) in [6, 6.07) is 3.97. The van der Waals surface area contributed by atoms with Crippen LogP contribution < -0.4 is 0 Å². The summed E-state index contributed by atoms with van der Waals surface area (Å²) in [6.07, 6.45) is -1.81. The average molecular weight is 353 g/mol. The van der Waals surface area contributed by atoms with E-state index < -0.39 is 11.7 Å². The standard InChI is InChI=1S/C15H14F3N5S/c1-14(2,3)12-19-7-6-11(20-12)24-13-22-21-10-5-4-9(8-23(10)13)15(16,17)18/h4-8H,1-3H3. The monoisotopic (exact) mass is 353 g/mol. The Hall–Kier alpha value is -2.16. The number of hydrogen-bond acceptors (Lipinski definition) is 5. The van der Waals surface area contributed by atoms with E-state index in [9.17, 15) is 13.2 Å². The van der Waals surface area contributed by atoms with E-state index in [1.54, 1.807) is 12.3 Å². The lowest BCUT2D eigenvalue weighted by Gasteiger charge is -2.16. The largest absolute Gasteiger partial charge is 0.417 e. The second kappa shape index (κ2) is 5.73. The maximum absolute atomic E-state index is 12.9. The van der Waals surface area contributed by atoms with Gasteiger partial charge in [-0.3, -0.25) is 4.40 Å². The van der Waals surface area contributed by atoms with Crippen LogP contribution in [0.5, 0.6) is 0 Å². The molecule has 0 fully saturated rings. The van der Waals surface area contributed by atoms with Gasteiger partial charge in [-0.25, -0.2) is 9.97 Å². The normalized spacial score (nSPS) is 12.8. The van der Waals surface area contributed by atoms with E-state index in [1.807, 2.05) is 20.8 Å². The van der Waals surface area contributed by atoms with Gasteiger partial charge in [-0.05, 0) is 30.0 Å². The fourth-order valence-electron chi connectivity index (χ4n) is 1.96. The minimum Gasteiger partial charge on any atom is -0.277 e. The topological polar surface area (TPSA) is 56.0 Å². The lowest BCUT2D eigenvalue weighted by Crippen LogP contribution is -2.15. The predicted molar refractivity (Wildman–Crippen MR) is 82.8 cm³/mol. The molecule has 126 valence electrons. The van der Waals surface area contributed by atoms with Crippen LogP contribution in [0.3, 0.4) is 0 Å². The van der Waals surface area contributed by atoms with Crippen LogP contribution in [0.2, 0.25) is 0 Å². The van der Waals surface area contributed by atoms with Crippen molar-refractivity contribution in [3.8, 4) is 0 Å². The van der Waals surface area contributed by atoms with Gasteiger partial charge in [0.2, 0.25) is 5.16 Å². The number of fused-ring (bicyclic) bond motifs is 1. The molecule has 0 radical (unpaired) electrons. The maximum atomic E-state index is 12.9. The lowest BCUT2D eigenvalue weighted by atomic mass is 9.96. The average Bonchev–Trinajstić information content (AvgIpc) is 2.88. The highest BCUT2D eigenvalue weighted by Gasteiger charge is 2.31. The zero-order valence-corrected chi connectivity index (χ0v) is 14.0. The number of halogens is 3. The third-order valence-electron chi connectivity index (χ3n) is 3.20. The molecular formula is C15H14F3N5S. The number of rotatable bonds is 2. The highest BCUT2D eigenvalue weighted by molar-refractivity contribution is 7.99. The molecule has 3 heterocycles. The molecule has 0 aliphatic rings. The van der Waals surface area contributed by atoms with Crippen molar-refractivity contribution in [2.24, 2.45) is 0 Å². The highest BCUT2D eigenvalue weighted by atomic mass is 32.2. The summed E-state index contributed by atoms with van der Waals surface area (Å²) in [4.78, 5) is 8.68. The summed E-state index contributed by atoms with van der Waals surface area (Å²) in [5.74, 6) is 0.650. The van der Waals surface area contributed by atoms with E-state index in [1.165, 1.54) is 10.5 Å². The Morgan fingerprint density at radius 3 is 2.46 bits per heavy atom. The molecule has 0 unspecified atom stereocenters. The molecule has 3 aromatic rings. The van der Waals surface area contributed by atoms with Gasteiger partial charge in [-0.15, -0.1) is 10.2 Å². The Bertz CT molecular complexity index is 883. The molecule has 3 aromatic heterocycles. The molecule has 0 aliphatic heterocycles. The van der Waals surface area contributed by atoms with Crippen molar-refractivity contribution in [2.75, 3.05) is 0 Å². The molecule has 0 bridgehead atoms. The molecular weight excluding hydrogens is 339 g/mol. The van der Waals surface area contributed by atoms with Crippen LogP contribution in [-0.2, 0) is 11.6 Å². The summed E-state index contributed by atoms with van der Waals surface area (Å²) in [5, 5.41) is 8.76. The molecule has 0 aromatic carbocycles. The van der Waals surface area contributed by atoms with Gasteiger partial charge in [-0.1, -0.05) is 20.8 Å². The van der Waals surface area contributed by atoms with E-state index in [-0.39, 0.29) is 5.41 Å². The van der Waals surface area contributed by atoms with Gasteiger partial charge < -0.3 is 0 Å². The van der Waals surface area contributed by atoms with Gasteiger partial charge in [0, 0.05) is 17.8 Å². The quantitative estimate of drug-likeness (QED) is 0.652. The predicted octanol–water partition coefficient (Wildman–Crippen LogP) is 3.99. The second-order valence-corrected chi connectivity index (χ2v) is 7.18. The fraction of sp³-hybridized carbons (Fsp3) is 0.333. The first-order chi connectivity index (χ1) is 11.1. The van der Waals surface area contributed by atoms with Crippen LogP contribution in [0.1, 0.15) is 32.2 Å². The lowest BCUT2D eigenvalue weighted by molar-refractivity contribution is -0.137. The van der Waals surface area contributed by atoms with Crippen LogP contribution in [-0.4, -0.2) is 24.6 Å². The highest BCUT2D eigenvalue weighted by Crippen LogP contribution is 2.31. The molecule has 0 amide bonds. The Labute approximate surface area is 140 Å². The van der Waals surface area contributed by atoms with Crippen molar-refractivity contribution >= 4 is 17.4 Å². The van der Waals surface area contributed by atoms with Gasteiger partial charge in [0.15, 0.2) is 5.65 Å². The van der Waals surface area contributed by atoms with Crippen molar-refractivity contribution in [1.29, 1.82) is 0 Å². The number of nitrogens with zero attached hydrogens (tertiary/aromatic N) is 5. The van der Waals surface area contributed by atoms with Crippen molar-refractivity contribution < 1.29 is 13.2 Å². The summed E-state index contributed by atoms with van der Waals surface area (Å²) in [5.41, 5.74) is -0.641. The first-order valence-electron chi connectivity index (χ1n) is 7.08. The van der Waals surface area contributed by atoms with Crippen LogP contribution in [0.15, 0.2) is 40.8 Å². The smallest absolute Gasteiger partial charge is 0.277 e. The van der Waals surface area contributed by atoms with Crippen molar-refractivity contribution in [2.45, 2.75) is 42.5 Å². The Kier molecular flexibility index (Phi) is 3.98. The van der Waals surface area contributed by atoms with Gasteiger partial charge >= 0.3 is 6.18 Å². The van der Waals surface area contributed by atoms with Crippen LogP contribution in [0, 0.1) is 0 Å². The Morgan fingerprint density at radius 2 is 1.79 bits per heavy atom. The van der Waals surface area contributed by atoms with Crippen LogP contribution in [0.25, 0.3) is 5.65 Å². The molecule has 5 nitrogen and oxygen atoms in total. The minimum atomic E-state index is -4.42. The van der Waals surface area contributed by atoms with E-state index in [4.69, 9.17) is 0 Å².